The van der Waals surface area contributed by atoms with Crippen molar-refractivity contribution < 1.29 is 19.4 Å². The Bertz CT molecular complexity index is 1820. The van der Waals surface area contributed by atoms with Gasteiger partial charge in [-0.15, -0.1) is 11.3 Å². The number of aromatic amines is 1. The first-order chi connectivity index (χ1) is 20.9. The number of fused-ring (bicyclic) bond motifs is 1. The Labute approximate surface area is 253 Å². The number of nitrogens with one attached hydrogen (secondary N) is 2. The van der Waals surface area contributed by atoms with Crippen molar-refractivity contribution in [2.45, 2.75) is 0 Å². The fourth-order valence-corrected chi connectivity index (χ4v) is 5.92. The van der Waals surface area contributed by atoms with Crippen molar-refractivity contribution in [1.82, 2.24) is 9.88 Å². The molecule has 0 unspecified atom stereocenters. The largest absolute Gasteiger partial charge is 0.495 e. The first-order valence-corrected chi connectivity index (χ1v) is 14.8. The molecule has 0 radical (unpaired) electrons. The van der Waals surface area contributed by atoms with Gasteiger partial charge in [0.25, 0.3) is 5.91 Å². The minimum Gasteiger partial charge on any atom is -0.495 e. The van der Waals surface area contributed by atoms with Gasteiger partial charge in [0.15, 0.2) is 11.7 Å². The highest BCUT2D eigenvalue weighted by Crippen LogP contribution is 2.29. The van der Waals surface area contributed by atoms with Crippen LogP contribution in [-0.2, 0) is 0 Å². The van der Waals surface area contributed by atoms with Crippen molar-refractivity contribution in [3.05, 3.63) is 99.7 Å². The number of carbonyl (C=O) groups is 2. The second-order valence-electron chi connectivity index (χ2n) is 10.4. The number of amides is 1. The van der Waals surface area contributed by atoms with Gasteiger partial charge in [-0.1, -0.05) is 24.3 Å². The van der Waals surface area contributed by atoms with E-state index in [9.17, 15) is 14.7 Å². The normalized spacial score (nSPS) is 14.0. The third-order valence-electron chi connectivity index (χ3n) is 7.61. The quantitative estimate of drug-likeness (QED) is 0.152. The van der Waals surface area contributed by atoms with Crippen LogP contribution in [0.4, 0.5) is 17.1 Å². The number of hydrogen-bond donors (Lipinski definition) is 3. The maximum Gasteiger partial charge on any atom is 0.260 e. The molecule has 0 aliphatic carbocycles. The molecule has 3 aromatic carbocycles. The number of hydrogen-bond acceptors (Lipinski definition) is 8. The molecule has 1 amide bonds. The third-order valence-corrected chi connectivity index (χ3v) is 8.34. The average molecular weight is 594 g/mol. The van der Waals surface area contributed by atoms with Crippen LogP contribution in [0, 0.1) is 0 Å². The summed E-state index contributed by atoms with van der Waals surface area (Å²) in [5.74, 6) is -0.0475. The number of aliphatic imine (C=N–C) groups is 1. The molecule has 3 heterocycles. The molecule has 0 spiro atoms. The number of anilines is 2. The van der Waals surface area contributed by atoms with Crippen molar-refractivity contribution >= 4 is 57.2 Å². The lowest BCUT2D eigenvalue weighted by Gasteiger charge is -2.34. The highest BCUT2D eigenvalue weighted by atomic mass is 32.1. The van der Waals surface area contributed by atoms with E-state index in [0.717, 1.165) is 37.3 Å². The Morgan fingerprint density at radius 1 is 1.00 bits per heavy atom. The summed E-state index contributed by atoms with van der Waals surface area (Å²) in [4.78, 5) is 38.3. The molecular weight excluding hydrogens is 562 g/mol. The lowest BCUT2D eigenvalue weighted by atomic mass is 10.0. The SMILES string of the molecule is COc1cscc1C(=O)Nc1cccc(C(=O)c2ccc3c(C=Nc4ccc(N5CCN(C)CC5)cc4)c(O)[nH]c3c2)c1. The average Bonchev–Trinajstić information content (AvgIpc) is 3.64. The second-order valence-corrected chi connectivity index (χ2v) is 11.2. The molecule has 10 heteroatoms. The molecule has 2 aromatic heterocycles. The minimum absolute atomic E-state index is 0.0222. The lowest BCUT2D eigenvalue weighted by molar-refractivity contribution is 0.101. The van der Waals surface area contributed by atoms with Gasteiger partial charge < -0.3 is 29.9 Å². The van der Waals surface area contributed by atoms with E-state index in [0.29, 0.717) is 39.2 Å². The summed E-state index contributed by atoms with van der Waals surface area (Å²) in [7, 11) is 3.66. The predicted molar refractivity (Wildman–Crippen MR) is 172 cm³/mol. The van der Waals surface area contributed by atoms with Crippen LogP contribution < -0.4 is 15.0 Å². The van der Waals surface area contributed by atoms with Crippen molar-refractivity contribution in [2.75, 3.05) is 50.6 Å². The minimum atomic E-state index is -0.314. The van der Waals surface area contributed by atoms with E-state index >= 15 is 0 Å². The summed E-state index contributed by atoms with van der Waals surface area (Å²) in [6, 6.07) is 20.1. The summed E-state index contributed by atoms with van der Waals surface area (Å²) in [6.45, 7) is 4.09. The third kappa shape index (κ3) is 6.01. The fraction of sp³-hybridized carbons (Fsp3) is 0.182. The van der Waals surface area contributed by atoms with Crippen LogP contribution in [-0.4, -0.2) is 73.2 Å². The zero-order valence-electron chi connectivity index (χ0n) is 23.8. The molecule has 5 aromatic rings. The fourth-order valence-electron chi connectivity index (χ4n) is 5.14. The molecular formula is C33H31N5O4S. The van der Waals surface area contributed by atoms with E-state index in [1.54, 1.807) is 59.4 Å². The van der Waals surface area contributed by atoms with Gasteiger partial charge in [-0.2, -0.15) is 0 Å². The van der Waals surface area contributed by atoms with Crippen LogP contribution >= 0.6 is 11.3 Å². The Balaban J connectivity index is 1.17. The number of aromatic nitrogens is 1. The van der Waals surface area contributed by atoms with Crippen LogP contribution in [0.15, 0.2) is 82.5 Å². The number of ether oxygens (including phenoxy) is 1. The molecule has 6 rings (SSSR count). The van der Waals surface area contributed by atoms with Crippen LogP contribution in [0.25, 0.3) is 10.9 Å². The number of likely N-dealkylation sites (N-methyl/N-ethyl adjacent to an activating group) is 1. The second kappa shape index (κ2) is 12.1. The van der Waals surface area contributed by atoms with Gasteiger partial charge in [0.2, 0.25) is 0 Å². The molecule has 1 aliphatic rings. The number of rotatable bonds is 8. The Morgan fingerprint density at radius 2 is 1.77 bits per heavy atom. The molecule has 1 fully saturated rings. The number of carbonyl (C=O) groups excluding carboxylic acids is 2. The molecule has 218 valence electrons. The first kappa shape index (κ1) is 28.2. The molecule has 0 atom stereocenters. The smallest absolute Gasteiger partial charge is 0.260 e. The van der Waals surface area contributed by atoms with Crippen molar-refractivity contribution in [2.24, 2.45) is 4.99 Å². The van der Waals surface area contributed by atoms with Crippen LogP contribution in [0.3, 0.4) is 0 Å². The first-order valence-electron chi connectivity index (χ1n) is 13.9. The molecule has 1 aliphatic heterocycles. The summed E-state index contributed by atoms with van der Waals surface area (Å²) in [5, 5.41) is 17.7. The van der Waals surface area contributed by atoms with Crippen molar-refractivity contribution in [3.63, 3.8) is 0 Å². The number of methoxy groups -OCH3 is 1. The Hall–Kier alpha value is -4.93. The zero-order valence-corrected chi connectivity index (χ0v) is 24.6. The van der Waals surface area contributed by atoms with Crippen LogP contribution in [0.2, 0.25) is 0 Å². The van der Waals surface area contributed by atoms with E-state index in [1.807, 2.05) is 12.1 Å². The number of piperazine rings is 1. The highest BCUT2D eigenvalue weighted by Gasteiger charge is 2.17. The molecule has 0 bridgehead atoms. The summed E-state index contributed by atoms with van der Waals surface area (Å²) >= 11 is 1.37. The van der Waals surface area contributed by atoms with Crippen molar-refractivity contribution in [1.29, 1.82) is 0 Å². The molecule has 43 heavy (non-hydrogen) atoms. The number of nitrogens with zero attached hydrogens (tertiary/aromatic N) is 3. The molecule has 0 saturated carbocycles. The number of benzene rings is 3. The maximum atomic E-state index is 13.4. The van der Waals surface area contributed by atoms with Crippen LogP contribution in [0.1, 0.15) is 31.8 Å². The van der Waals surface area contributed by atoms with Gasteiger partial charge in [-0.3, -0.25) is 14.6 Å². The Morgan fingerprint density at radius 3 is 2.53 bits per heavy atom. The number of H-pyrrole nitrogens is 1. The topological polar surface area (TPSA) is 110 Å². The van der Waals surface area contributed by atoms with E-state index < -0.39 is 0 Å². The van der Waals surface area contributed by atoms with Crippen LogP contribution in [0.5, 0.6) is 11.6 Å². The van der Waals surface area contributed by atoms with Gasteiger partial charge in [-0.05, 0) is 49.5 Å². The molecule has 3 N–H and O–H groups in total. The number of ketones is 1. The van der Waals surface area contributed by atoms with E-state index in [-0.39, 0.29) is 17.6 Å². The van der Waals surface area contributed by atoms with Gasteiger partial charge in [-0.25, -0.2) is 0 Å². The lowest BCUT2D eigenvalue weighted by Crippen LogP contribution is -2.44. The van der Waals surface area contributed by atoms with Gasteiger partial charge in [0.1, 0.15) is 5.75 Å². The molecule has 9 nitrogen and oxygen atoms in total. The highest BCUT2D eigenvalue weighted by molar-refractivity contribution is 7.08. The molecule has 1 saturated heterocycles. The van der Waals surface area contributed by atoms with Gasteiger partial charge in [0, 0.05) is 76.6 Å². The van der Waals surface area contributed by atoms with E-state index in [4.69, 9.17) is 4.74 Å². The number of aromatic hydroxyl groups is 1. The Kier molecular flexibility index (Phi) is 7.95. The summed E-state index contributed by atoms with van der Waals surface area (Å²) in [5.41, 5.74) is 4.92. The zero-order chi connectivity index (χ0) is 29.9. The van der Waals surface area contributed by atoms with E-state index in [1.165, 1.54) is 24.1 Å². The van der Waals surface area contributed by atoms with E-state index in [2.05, 4.69) is 44.3 Å². The number of thiophene rings is 1. The maximum absolute atomic E-state index is 13.4. The van der Waals surface area contributed by atoms with Crippen molar-refractivity contribution in [3.8, 4) is 11.6 Å². The standard InChI is InChI=1S/C33H31N5O4S/c1-37-12-14-38(15-13-37)25-9-7-23(8-10-25)34-18-27-26-11-6-22(17-29(26)36-32(27)40)31(39)21-4-3-5-24(16-21)35-33(41)28-19-43-20-30(28)42-2/h3-11,16-20,36,40H,12-15H2,1-2H3,(H,35,41). The summed E-state index contributed by atoms with van der Waals surface area (Å²) < 4.78 is 5.24. The van der Waals surface area contributed by atoms with Gasteiger partial charge >= 0.3 is 0 Å². The predicted octanol–water partition coefficient (Wildman–Crippen LogP) is 5.93. The summed E-state index contributed by atoms with van der Waals surface area (Å²) in [6.07, 6.45) is 1.63. The van der Waals surface area contributed by atoms with Gasteiger partial charge in [0.05, 0.1) is 23.9 Å². The monoisotopic (exact) mass is 593 g/mol.